The molecule has 0 aromatic heterocycles. The fraction of sp³-hybridized carbons (Fsp3) is 0.600. The predicted molar refractivity (Wildman–Crippen MR) is 81.3 cm³/mol. The normalized spacial score (nSPS) is 14.6. The highest BCUT2D eigenvalue weighted by molar-refractivity contribution is 7.99. The molecule has 1 aromatic carbocycles. The zero-order chi connectivity index (χ0) is 13.5. The number of ether oxygens (including phenoxy) is 1. The van der Waals surface area contributed by atoms with Crippen molar-refractivity contribution in [2.24, 2.45) is 5.73 Å². The summed E-state index contributed by atoms with van der Waals surface area (Å²) in [6, 6.07) is 8.22. The lowest BCUT2D eigenvalue weighted by Crippen LogP contribution is -2.15. The summed E-state index contributed by atoms with van der Waals surface area (Å²) in [5.74, 6) is 1.87. The van der Waals surface area contributed by atoms with E-state index < -0.39 is 0 Å². The van der Waals surface area contributed by atoms with Gasteiger partial charge in [-0.2, -0.15) is 11.8 Å². The van der Waals surface area contributed by atoms with E-state index in [-0.39, 0.29) is 12.1 Å². The minimum atomic E-state index is 0.0831. The number of benzene rings is 1. The lowest BCUT2D eigenvalue weighted by molar-refractivity contribution is 0.242. The summed E-state index contributed by atoms with van der Waals surface area (Å²) in [4.78, 5) is 0. The smallest absolute Gasteiger partial charge is 0.120 e. The van der Waals surface area contributed by atoms with Crippen molar-refractivity contribution in [1.29, 1.82) is 0 Å². The first-order chi connectivity index (χ1) is 8.52. The lowest BCUT2D eigenvalue weighted by atomic mass is 10.1. The van der Waals surface area contributed by atoms with E-state index >= 15 is 0 Å². The first kappa shape index (κ1) is 15.4. The zero-order valence-corrected chi connectivity index (χ0v) is 12.7. The maximum atomic E-state index is 6.22. The first-order valence-corrected chi connectivity index (χ1v) is 7.71. The van der Waals surface area contributed by atoms with Gasteiger partial charge in [0.1, 0.15) is 5.75 Å². The van der Waals surface area contributed by atoms with Gasteiger partial charge in [-0.15, -0.1) is 0 Å². The Hall–Kier alpha value is -0.670. The highest BCUT2D eigenvalue weighted by Gasteiger charge is 2.09. The average molecular weight is 267 g/mol. The average Bonchev–Trinajstić information content (AvgIpc) is 2.35. The topological polar surface area (TPSA) is 35.2 Å². The van der Waals surface area contributed by atoms with Crippen molar-refractivity contribution in [1.82, 2.24) is 0 Å². The van der Waals surface area contributed by atoms with Gasteiger partial charge >= 0.3 is 0 Å². The lowest BCUT2D eigenvalue weighted by Gasteiger charge is -2.16. The van der Waals surface area contributed by atoms with E-state index in [0.29, 0.717) is 5.25 Å². The van der Waals surface area contributed by atoms with Crippen LogP contribution >= 0.6 is 11.8 Å². The Morgan fingerprint density at radius 1 is 1.28 bits per heavy atom. The molecular weight excluding hydrogens is 242 g/mol. The van der Waals surface area contributed by atoms with Gasteiger partial charge in [-0.1, -0.05) is 26.0 Å². The van der Waals surface area contributed by atoms with Crippen LogP contribution in [0.1, 0.15) is 45.7 Å². The van der Waals surface area contributed by atoms with Gasteiger partial charge in [-0.3, -0.25) is 0 Å². The van der Waals surface area contributed by atoms with Crippen molar-refractivity contribution in [3.05, 3.63) is 29.8 Å². The van der Waals surface area contributed by atoms with Gasteiger partial charge in [0, 0.05) is 17.0 Å². The van der Waals surface area contributed by atoms with Gasteiger partial charge in [0.05, 0.1) is 6.10 Å². The third kappa shape index (κ3) is 5.32. The fourth-order valence-corrected chi connectivity index (χ4v) is 2.54. The van der Waals surface area contributed by atoms with Crippen LogP contribution in [0.3, 0.4) is 0 Å². The number of hydrogen-bond donors (Lipinski definition) is 1. The van der Waals surface area contributed by atoms with Gasteiger partial charge in [0.15, 0.2) is 0 Å². The van der Waals surface area contributed by atoms with Crippen LogP contribution in [0.15, 0.2) is 24.3 Å². The van der Waals surface area contributed by atoms with E-state index in [1.807, 2.05) is 37.7 Å². The highest BCUT2D eigenvalue weighted by atomic mass is 32.2. The van der Waals surface area contributed by atoms with Crippen molar-refractivity contribution in [3.8, 4) is 5.75 Å². The number of nitrogens with two attached hydrogens (primary N) is 1. The standard InChI is InChI=1S/C15H25NOS/c1-5-12(4)18-10-15(16)13-7-6-8-14(9-13)17-11(2)3/h6-9,11-12,15H,5,10,16H2,1-4H3. The summed E-state index contributed by atoms with van der Waals surface area (Å²) in [6.07, 6.45) is 1.39. The Morgan fingerprint density at radius 2 is 2.00 bits per heavy atom. The SMILES string of the molecule is CCC(C)SCC(N)c1cccc(OC(C)C)c1. The minimum absolute atomic E-state index is 0.0831. The first-order valence-electron chi connectivity index (χ1n) is 6.66. The molecule has 2 atom stereocenters. The highest BCUT2D eigenvalue weighted by Crippen LogP contribution is 2.24. The number of rotatable bonds is 7. The fourth-order valence-electron chi connectivity index (χ4n) is 1.57. The number of hydrogen-bond acceptors (Lipinski definition) is 3. The van der Waals surface area contributed by atoms with Crippen LogP contribution in [0.2, 0.25) is 0 Å². The second-order valence-corrected chi connectivity index (χ2v) is 6.37. The molecule has 2 nitrogen and oxygen atoms in total. The molecule has 18 heavy (non-hydrogen) atoms. The van der Waals surface area contributed by atoms with Crippen LogP contribution in [0, 0.1) is 0 Å². The van der Waals surface area contributed by atoms with Crippen molar-refractivity contribution >= 4 is 11.8 Å². The van der Waals surface area contributed by atoms with Crippen LogP contribution in [0.4, 0.5) is 0 Å². The molecule has 0 radical (unpaired) electrons. The maximum Gasteiger partial charge on any atom is 0.120 e. The third-order valence-corrected chi connectivity index (χ3v) is 4.25. The molecule has 102 valence electrons. The van der Waals surface area contributed by atoms with Gasteiger partial charge in [0.25, 0.3) is 0 Å². The van der Waals surface area contributed by atoms with Gasteiger partial charge in [0.2, 0.25) is 0 Å². The molecule has 1 rings (SSSR count). The third-order valence-electron chi connectivity index (χ3n) is 2.79. The second kappa shape index (κ2) is 7.70. The molecule has 2 unspecified atom stereocenters. The molecule has 0 saturated carbocycles. The molecule has 0 spiro atoms. The van der Waals surface area contributed by atoms with E-state index in [2.05, 4.69) is 26.0 Å². The molecule has 0 amide bonds. The molecule has 0 fully saturated rings. The molecule has 3 heteroatoms. The van der Waals surface area contributed by atoms with Crippen LogP contribution < -0.4 is 10.5 Å². The Balaban J connectivity index is 2.59. The Morgan fingerprint density at radius 3 is 2.61 bits per heavy atom. The molecule has 2 N–H and O–H groups in total. The molecular formula is C15H25NOS. The summed E-state index contributed by atoms with van der Waals surface area (Å²) in [5.41, 5.74) is 7.38. The van der Waals surface area contributed by atoms with Crippen LogP contribution in [-0.2, 0) is 0 Å². The van der Waals surface area contributed by atoms with Crippen LogP contribution in [0.25, 0.3) is 0 Å². The second-order valence-electron chi connectivity index (χ2n) is 4.90. The van der Waals surface area contributed by atoms with Crippen LogP contribution in [0.5, 0.6) is 5.75 Å². The van der Waals surface area contributed by atoms with Gasteiger partial charge < -0.3 is 10.5 Å². The molecule has 0 heterocycles. The number of thioether (sulfide) groups is 1. The van der Waals surface area contributed by atoms with Gasteiger partial charge in [-0.05, 0) is 38.0 Å². The van der Waals surface area contributed by atoms with E-state index in [1.54, 1.807) is 0 Å². The summed E-state index contributed by atoms with van der Waals surface area (Å²) in [7, 11) is 0. The largest absolute Gasteiger partial charge is 0.491 e. The van der Waals surface area contributed by atoms with Crippen LogP contribution in [-0.4, -0.2) is 17.1 Å². The summed E-state index contributed by atoms with van der Waals surface area (Å²) >= 11 is 1.93. The maximum absolute atomic E-state index is 6.22. The minimum Gasteiger partial charge on any atom is -0.491 e. The van der Waals surface area contributed by atoms with E-state index in [0.717, 1.165) is 17.1 Å². The Bertz CT molecular complexity index is 354. The molecule has 0 aliphatic heterocycles. The van der Waals surface area contributed by atoms with Gasteiger partial charge in [-0.25, -0.2) is 0 Å². The quantitative estimate of drug-likeness (QED) is 0.811. The summed E-state index contributed by atoms with van der Waals surface area (Å²) < 4.78 is 5.69. The predicted octanol–water partition coefficient (Wildman–Crippen LogP) is 4.01. The molecule has 0 aliphatic carbocycles. The zero-order valence-electron chi connectivity index (χ0n) is 11.8. The monoisotopic (exact) mass is 267 g/mol. The van der Waals surface area contributed by atoms with E-state index in [4.69, 9.17) is 10.5 Å². The van der Waals surface area contributed by atoms with E-state index in [1.165, 1.54) is 6.42 Å². The van der Waals surface area contributed by atoms with E-state index in [9.17, 15) is 0 Å². The van der Waals surface area contributed by atoms with Crippen molar-refractivity contribution in [2.45, 2.75) is 51.5 Å². The summed E-state index contributed by atoms with van der Waals surface area (Å²) in [6.45, 7) is 8.52. The molecule has 0 aliphatic rings. The van der Waals surface area contributed by atoms with Crippen molar-refractivity contribution in [3.63, 3.8) is 0 Å². The molecule has 0 saturated heterocycles. The Kier molecular flexibility index (Phi) is 6.58. The molecule has 1 aromatic rings. The summed E-state index contributed by atoms with van der Waals surface area (Å²) in [5, 5.41) is 0.672. The molecule has 0 bridgehead atoms. The Labute approximate surface area is 115 Å². The van der Waals surface area contributed by atoms with Crippen molar-refractivity contribution in [2.75, 3.05) is 5.75 Å². The van der Waals surface area contributed by atoms with Crippen molar-refractivity contribution < 1.29 is 4.74 Å².